The highest BCUT2D eigenvalue weighted by molar-refractivity contribution is 5.91. The summed E-state index contributed by atoms with van der Waals surface area (Å²) in [6.45, 7) is 8.89. The summed E-state index contributed by atoms with van der Waals surface area (Å²) < 4.78 is 0. The topological polar surface area (TPSA) is 55.0 Å². The van der Waals surface area contributed by atoms with Gasteiger partial charge in [0.15, 0.2) is 0 Å². The van der Waals surface area contributed by atoms with Crippen LogP contribution in [0.25, 0.3) is 10.9 Å². The first-order chi connectivity index (χ1) is 8.80. The van der Waals surface area contributed by atoms with E-state index in [1.807, 2.05) is 18.2 Å². The van der Waals surface area contributed by atoms with Gasteiger partial charge in [-0.05, 0) is 30.5 Å². The second-order valence-corrected chi connectivity index (χ2v) is 6.13. The minimum absolute atomic E-state index is 0.173. The van der Waals surface area contributed by atoms with Gasteiger partial charge in [0.05, 0.1) is 5.52 Å². The summed E-state index contributed by atoms with van der Waals surface area (Å²) in [6.07, 6.45) is 1.61. The number of aromatic nitrogens is 2. The molecule has 19 heavy (non-hydrogen) atoms. The van der Waals surface area contributed by atoms with Crippen LogP contribution in [0.2, 0.25) is 0 Å². The van der Waals surface area contributed by atoms with Crippen molar-refractivity contribution < 1.29 is 0 Å². The van der Waals surface area contributed by atoms with Crippen LogP contribution in [0.4, 0.5) is 11.5 Å². The van der Waals surface area contributed by atoms with E-state index in [4.69, 9.17) is 5.73 Å². The first-order valence-corrected chi connectivity index (χ1v) is 6.54. The number of fused-ring (bicyclic) bond motifs is 1. The molecule has 1 atom stereocenters. The zero-order valence-electron chi connectivity index (χ0n) is 12.3. The van der Waals surface area contributed by atoms with Crippen LogP contribution < -0.4 is 10.6 Å². The first-order valence-electron chi connectivity index (χ1n) is 6.54. The summed E-state index contributed by atoms with van der Waals surface area (Å²) in [4.78, 5) is 10.9. The molecule has 2 rings (SSSR count). The van der Waals surface area contributed by atoms with E-state index in [1.54, 1.807) is 6.33 Å². The molecule has 0 aliphatic rings. The lowest BCUT2D eigenvalue weighted by molar-refractivity contribution is 0.329. The number of nitrogens with zero attached hydrogens (tertiary/aromatic N) is 3. The van der Waals surface area contributed by atoms with Crippen molar-refractivity contribution in [3.8, 4) is 0 Å². The predicted molar refractivity (Wildman–Crippen MR) is 81.3 cm³/mol. The summed E-state index contributed by atoms with van der Waals surface area (Å²) in [6, 6.07) is 6.10. The van der Waals surface area contributed by atoms with E-state index in [-0.39, 0.29) is 5.41 Å². The van der Waals surface area contributed by atoms with E-state index in [1.165, 1.54) is 0 Å². The molecule has 4 heteroatoms. The Morgan fingerprint density at radius 1 is 1.21 bits per heavy atom. The number of benzene rings is 1. The fourth-order valence-electron chi connectivity index (χ4n) is 2.11. The molecule has 1 heterocycles. The molecule has 1 aromatic carbocycles. The molecule has 1 unspecified atom stereocenters. The highest BCUT2D eigenvalue weighted by atomic mass is 15.2. The van der Waals surface area contributed by atoms with Crippen molar-refractivity contribution in [3.05, 3.63) is 24.5 Å². The number of nitrogens with two attached hydrogens (primary N) is 1. The van der Waals surface area contributed by atoms with Crippen molar-refractivity contribution in [2.24, 2.45) is 5.41 Å². The van der Waals surface area contributed by atoms with Crippen molar-refractivity contribution in [2.75, 3.05) is 17.7 Å². The molecule has 1 aromatic heterocycles. The molecule has 0 aliphatic heterocycles. The monoisotopic (exact) mass is 258 g/mol. The molecule has 0 saturated heterocycles. The van der Waals surface area contributed by atoms with Gasteiger partial charge in [-0.2, -0.15) is 0 Å². The molecule has 2 aromatic rings. The van der Waals surface area contributed by atoms with Gasteiger partial charge in [0.1, 0.15) is 12.1 Å². The third-order valence-corrected chi connectivity index (χ3v) is 3.81. The highest BCUT2D eigenvalue weighted by Crippen LogP contribution is 2.30. The molecule has 0 fully saturated rings. The van der Waals surface area contributed by atoms with Gasteiger partial charge < -0.3 is 10.6 Å². The smallest absolute Gasteiger partial charge is 0.139 e. The average molecular weight is 258 g/mol. The van der Waals surface area contributed by atoms with E-state index < -0.39 is 0 Å². The largest absolute Gasteiger partial charge is 0.399 e. The summed E-state index contributed by atoms with van der Waals surface area (Å²) in [5.41, 5.74) is 7.71. The number of rotatable bonds is 2. The van der Waals surface area contributed by atoms with Gasteiger partial charge in [-0.25, -0.2) is 9.97 Å². The minimum Gasteiger partial charge on any atom is -0.399 e. The second kappa shape index (κ2) is 4.68. The van der Waals surface area contributed by atoms with Crippen LogP contribution in [0.15, 0.2) is 24.5 Å². The van der Waals surface area contributed by atoms with Gasteiger partial charge in [-0.3, -0.25) is 0 Å². The summed E-state index contributed by atoms with van der Waals surface area (Å²) >= 11 is 0. The van der Waals surface area contributed by atoms with Crippen molar-refractivity contribution in [2.45, 2.75) is 33.7 Å². The Morgan fingerprint density at radius 3 is 2.53 bits per heavy atom. The Morgan fingerprint density at radius 2 is 1.89 bits per heavy atom. The maximum absolute atomic E-state index is 5.88. The van der Waals surface area contributed by atoms with Crippen LogP contribution in [0.1, 0.15) is 27.7 Å². The Balaban J connectivity index is 2.53. The molecule has 0 bridgehead atoms. The lowest BCUT2D eigenvalue weighted by atomic mass is 9.87. The molecular formula is C15H22N4. The summed E-state index contributed by atoms with van der Waals surface area (Å²) in [5.74, 6) is 0.930. The van der Waals surface area contributed by atoms with Gasteiger partial charge >= 0.3 is 0 Å². The van der Waals surface area contributed by atoms with Crippen LogP contribution >= 0.6 is 0 Å². The van der Waals surface area contributed by atoms with Gasteiger partial charge in [-0.15, -0.1) is 0 Å². The molecule has 4 nitrogen and oxygen atoms in total. The molecule has 0 saturated carbocycles. The zero-order chi connectivity index (χ0) is 14.2. The van der Waals surface area contributed by atoms with Gasteiger partial charge in [-0.1, -0.05) is 20.8 Å². The van der Waals surface area contributed by atoms with Crippen LogP contribution in [0.5, 0.6) is 0 Å². The molecule has 0 amide bonds. The van der Waals surface area contributed by atoms with Crippen molar-refractivity contribution in [3.63, 3.8) is 0 Å². The lowest BCUT2D eigenvalue weighted by Crippen LogP contribution is -2.39. The van der Waals surface area contributed by atoms with Crippen LogP contribution in [-0.2, 0) is 0 Å². The first kappa shape index (κ1) is 13.6. The van der Waals surface area contributed by atoms with Gasteiger partial charge in [0.25, 0.3) is 0 Å². The third kappa shape index (κ3) is 2.62. The maximum Gasteiger partial charge on any atom is 0.139 e. The number of hydrogen-bond donors (Lipinski definition) is 1. The number of anilines is 2. The van der Waals surface area contributed by atoms with Gasteiger partial charge in [0.2, 0.25) is 0 Å². The number of nitrogen functional groups attached to an aromatic ring is 1. The number of hydrogen-bond acceptors (Lipinski definition) is 4. The fraction of sp³-hybridized carbons (Fsp3) is 0.467. The zero-order valence-corrected chi connectivity index (χ0v) is 12.3. The Labute approximate surface area is 114 Å². The molecule has 2 N–H and O–H groups in total. The van der Waals surface area contributed by atoms with Crippen molar-refractivity contribution in [1.82, 2.24) is 9.97 Å². The average Bonchev–Trinajstić information content (AvgIpc) is 2.35. The molecule has 0 radical (unpaired) electrons. The lowest BCUT2D eigenvalue weighted by Gasteiger charge is -2.36. The van der Waals surface area contributed by atoms with Crippen molar-refractivity contribution in [1.29, 1.82) is 0 Å². The molecular weight excluding hydrogens is 236 g/mol. The summed E-state index contributed by atoms with van der Waals surface area (Å²) in [5, 5.41) is 1.00. The standard InChI is InChI=1S/C15H22N4/c1-10(15(2,3)4)19(5)14-12-8-11(16)6-7-13(12)17-9-18-14/h6-10H,16H2,1-5H3. The van der Waals surface area contributed by atoms with Crippen LogP contribution in [0.3, 0.4) is 0 Å². The highest BCUT2D eigenvalue weighted by Gasteiger charge is 2.25. The van der Waals surface area contributed by atoms with Crippen LogP contribution in [0, 0.1) is 5.41 Å². The minimum atomic E-state index is 0.173. The Hall–Kier alpha value is -1.84. The SMILES string of the molecule is CC(N(C)c1ncnc2ccc(N)cc12)C(C)(C)C. The Kier molecular flexibility index (Phi) is 3.35. The second-order valence-electron chi connectivity index (χ2n) is 6.13. The van der Waals surface area contributed by atoms with E-state index in [0.29, 0.717) is 6.04 Å². The third-order valence-electron chi connectivity index (χ3n) is 3.81. The van der Waals surface area contributed by atoms with E-state index in [9.17, 15) is 0 Å². The van der Waals surface area contributed by atoms with Crippen LogP contribution in [-0.4, -0.2) is 23.1 Å². The van der Waals surface area contributed by atoms with E-state index >= 15 is 0 Å². The normalized spacial score (nSPS) is 13.5. The van der Waals surface area contributed by atoms with E-state index in [2.05, 4.69) is 49.6 Å². The fourth-order valence-corrected chi connectivity index (χ4v) is 2.11. The molecule has 0 spiro atoms. The molecule has 102 valence electrons. The van der Waals surface area contributed by atoms with Crippen molar-refractivity contribution >= 4 is 22.4 Å². The Bertz CT molecular complexity index is 586. The van der Waals surface area contributed by atoms with E-state index in [0.717, 1.165) is 22.4 Å². The summed E-state index contributed by atoms with van der Waals surface area (Å²) in [7, 11) is 2.07. The maximum atomic E-state index is 5.88. The molecule has 0 aliphatic carbocycles. The predicted octanol–water partition coefficient (Wildman–Crippen LogP) is 3.08. The van der Waals surface area contributed by atoms with Gasteiger partial charge in [0, 0.05) is 24.2 Å². The quantitative estimate of drug-likeness (QED) is 0.841.